The molecule has 7 nitrogen and oxygen atoms in total. The van der Waals surface area contributed by atoms with Crippen molar-refractivity contribution in [3.05, 3.63) is 5.82 Å². The van der Waals surface area contributed by atoms with Crippen molar-refractivity contribution in [3.8, 4) is 0 Å². The summed E-state index contributed by atoms with van der Waals surface area (Å²) < 4.78 is 25.5. The zero-order chi connectivity index (χ0) is 17.3. The maximum atomic E-state index is 12.9. The highest BCUT2D eigenvalue weighted by atomic mass is 32.2. The molecule has 1 atom stereocenters. The molecule has 0 bridgehead atoms. The third-order valence-electron chi connectivity index (χ3n) is 4.99. The number of amides is 1. The third-order valence-corrected chi connectivity index (χ3v) is 7.74. The molecular weight excluding hydrogens is 348 g/mol. The maximum Gasteiger partial charge on any atom is 0.233 e. The highest BCUT2D eigenvalue weighted by Crippen LogP contribution is 2.30. The second kappa shape index (κ2) is 7.03. The van der Waals surface area contributed by atoms with Crippen molar-refractivity contribution in [3.63, 3.8) is 0 Å². The standard InChI is InChI=1S/C15H24N4O3S2/c1-11-16-17-15(18(11)2)23-9-14(20)19(12-5-3-4-6-12)13-7-8-24(21,22)10-13/h12-13H,3-10H2,1-2H3. The lowest BCUT2D eigenvalue weighted by molar-refractivity contribution is -0.132. The van der Waals surface area contributed by atoms with Gasteiger partial charge < -0.3 is 9.47 Å². The number of sulfone groups is 1. The normalized spacial score (nSPS) is 23.7. The van der Waals surface area contributed by atoms with Crippen LogP contribution < -0.4 is 0 Å². The smallest absolute Gasteiger partial charge is 0.233 e. The Kier molecular flexibility index (Phi) is 5.19. The highest BCUT2D eigenvalue weighted by Gasteiger charge is 2.38. The molecule has 2 aliphatic rings. The van der Waals surface area contributed by atoms with E-state index in [0.717, 1.165) is 31.5 Å². The number of aromatic nitrogens is 3. The van der Waals surface area contributed by atoms with Crippen LogP contribution in [0.3, 0.4) is 0 Å². The number of carbonyl (C=O) groups is 1. The van der Waals surface area contributed by atoms with Gasteiger partial charge in [-0.15, -0.1) is 10.2 Å². The minimum absolute atomic E-state index is 0.0228. The van der Waals surface area contributed by atoms with Crippen molar-refractivity contribution in [2.24, 2.45) is 7.05 Å². The predicted octanol–water partition coefficient (Wildman–Crippen LogP) is 1.17. The first kappa shape index (κ1) is 17.7. The maximum absolute atomic E-state index is 12.9. The van der Waals surface area contributed by atoms with Crippen LogP contribution in [-0.4, -0.2) is 63.3 Å². The minimum atomic E-state index is -3.00. The topological polar surface area (TPSA) is 85.2 Å². The second-order valence-electron chi connectivity index (χ2n) is 6.67. The number of carbonyl (C=O) groups excluding carboxylic acids is 1. The molecule has 1 amide bonds. The molecule has 1 saturated carbocycles. The van der Waals surface area contributed by atoms with Gasteiger partial charge in [-0.1, -0.05) is 24.6 Å². The van der Waals surface area contributed by atoms with Crippen molar-refractivity contribution in [1.82, 2.24) is 19.7 Å². The molecule has 9 heteroatoms. The molecule has 2 heterocycles. The average molecular weight is 373 g/mol. The molecule has 0 spiro atoms. The molecule has 3 rings (SSSR count). The van der Waals surface area contributed by atoms with E-state index in [1.165, 1.54) is 11.8 Å². The van der Waals surface area contributed by atoms with E-state index in [9.17, 15) is 13.2 Å². The van der Waals surface area contributed by atoms with Crippen molar-refractivity contribution >= 4 is 27.5 Å². The molecule has 1 unspecified atom stereocenters. The first-order chi connectivity index (χ1) is 11.4. The van der Waals surface area contributed by atoms with Gasteiger partial charge in [0.25, 0.3) is 0 Å². The highest BCUT2D eigenvalue weighted by molar-refractivity contribution is 7.99. The van der Waals surface area contributed by atoms with Crippen LogP contribution in [0, 0.1) is 6.92 Å². The van der Waals surface area contributed by atoms with E-state index >= 15 is 0 Å². The molecular formula is C15H24N4O3S2. The van der Waals surface area contributed by atoms with Gasteiger partial charge in [0.05, 0.1) is 17.3 Å². The molecule has 1 aliphatic carbocycles. The summed E-state index contributed by atoms with van der Waals surface area (Å²) in [6.45, 7) is 1.87. The van der Waals surface area contributed by atoms with Gasteiger partial charge in [-0.25, -0.2) is 8.42 Å². The summed E-state index contributed by atoms with van der Waals surface area (Å²) in [6, 6.07) is 0.0325. The van der Waals surface area contributed by atoms with Crippen LogP contribution in [0.25, 0.3) is 0 Å². The zero-order valence-corrected chi connectivity index (χ0v) is 15.8. The van der Waals surface area contributed by atoms with Gasteiger partial charge in [0.15, 0.2) is 15.0 Å². The lowest BCUT2D eigenvalue weighted by Crippen LogP contribution is -2.47. The summed E-state index contributed by atoms with van der Waals surface area (Å²) in [5, 5.41) is 8.79. The summed E-state index contributed by atoms with van der Waals surface area (Å²) in [5.41, 5.74) is 0. The minimum Gasteiger partial charge on any atom is -0.335 e. The molecule has 0 aromatic carbocycles. The zero-order valence-electron chi connectivity index (χ0n) is 14.1. The van der Waals surface area contributed by atoms with Crippen LogP contribution in [0.5, 0.6) is 0 Å². The van der Waals surface area contributed by atoms with E-state index in [2.05, 4.69) is 10.2 Å². The number of thioether (sulfide) groups is 1. The Labute approximate surface area is 147 Å². The van der Waals surface area contributed by atoms with Gasteiger partial charge >= 0.3 is 0 Å². The van der Waals surface area contributed by atoms with E-state index in [4.69, 9.17) is 0 Å². The molecule has 1 aliphatic heterocycles. The fraction of sp³-hybridized carbons (Fsp3) is 0.800. The molecule has 134 valence electrons. The monoisotopic (exact) mass is 372 g/mol. The first-order valence-electron chi connectivity index (χ1n) is 8.38. The van der Waals surface area contributed by atoms with E-state index in [1.807, 2.05) is 23.4 Å². The Morgan fingerprint density at radius 2 is 1.96 bits per heavy atom. The fourth-order valence-corrected chi connectivity index (χ4v) is 6.13. The van der Waals surface area contributed by atoms with Crippen LogP contribution in [0.15, 0.2) is 5.16 Å². The largest absolute Gasteiger partial charge is 0.335 e. The summed E-state index contributed by atoms with van der Waals surface area (Å²) in [6.07, 6.45) is 4.76. The van der Waals surface area contributed by atoms with E-state index in [0.29, 0.717) is 11.6 Å². The van der Waals surface area contributed by atoms with Crippen LogP contribution in [0.2, 0.25) is 0 Å². The van der Waals surface area contributed by atoms with Crippen molar-refractivity contribution in [1.29, 1.82) is 0 Å². The van der Waals surface area contributed by atoms with E-state index in [-0.39, 0.29) is 35.2 Å². The second-order valence-corrected chi connectivity index (χ2v) is 9.84. The van der Waals surface area contributed by atoms with Crippen molar-refractivity contribution in [2.45, 2.75) is 56.3 Å². The van der Waals surface area contributed by atoms with Gasteiger partial charge in [0, 0.05) is 19.1 Å². The Morgan fingerprint density at radius 3 is 2.50 bits per heavy atom. The Balaban J connectivity index is 1.70. The molecule has 1 aromatic heterocycles. The van der Waals surface area contributed by atoms with Gasteiger partial charge in [-0.3, -0.25) is 4.79 Å². The lowest BCUT2D eigenvalue weighted by atomic mass is 10.1. The number of aryl methyl sites for hydroxylation is 1. The number of hydrogen-bond acceptors (Lipinski definition) is 6. The number of nitrogens with zero attached hydrogens (tertiary/aromatic N) is 4. The van der Waals surface area contributed by atoms with Crippen LogP contribution >= 0.6 is 11.8 Å². The summed E-state index contributed by atoms with van der Waals surface area (Å²) in [7, 11) is -1.13. The first-order valence-corrected chi connectivity index (χ1v) is 11.2. The van der Waals surface area contributed by atoms with Gasteiger partial charge in [0.1, 0.15) is 5.82 Å². The van der Waals surface area contributed by atoms with Gasteiger partial charge in [-0.2, -0.15) is 0 Å². The summed E-state index contributed by atoms with van der Waals surface area (Å²) in [5.74, 6) is 1.42. The molecule has 0 radical (unpaired) electrons. The quantitative estimate of drug-likeness (QED) is 0.722. The fourth-order valence-electron chi connectivity index (χ4n) is 3.60. The molecule has 1 aromatic rings. The van der Waals surface area contributed by atoms with E-state index < -0.39 is 9.84 Å². The van der Waals surface area contributed by atoms with Crippen molar-refractivity contribution < 1.29 is 13.2 Å². The van der Waals surface area contributed by atoms with Crippen LogP contribution in [-0.2, 0) is 21.7 Å². The van der Waals surface area contributed by atoms with Crippen LogP contribution in [0.1, 0.15) is 37.9 Å². The predicted molar refractivity (Wildman–Crippen MR) is 92.6 cm³/mol. The van der Waals surface area contributed by atoms with Gasteiger partial charge in [0.2, 0.25) is 5.91 Å². The molecule has 1 saturated heterocycles. The Morgan fingerprint density at radius 1 is 1.25 bits per heavy atom. The number of hydrogen-bond donors (Lipinski definition) is 0. The van der Waals surface area contributed by atoms with Crippen LogP contribution in [0.4, 0.5) is 0 Å². The molecule has 2 fully saturated rings. The Bertz CT molecular complexity index is 710. The van der Waals surface area contributed by atoms with E-state index in [1.54, 1.807) is 0 Å². The lowest BCUT2D eigenvalue weighted by Gasteiger charge is -2.34. The molecule has 0 N–H and O–H groups in total. The van der Waals surface area contributed by atoms with Gasteiger partial charge in [-0.05, 0) is 26.2 Å². The molecule has 24 heavy (non-hydrogen) atoms. The number of rotatable bonds is 5. The summed E-state index contributed by atoms with van der Waals surface area (Å²) in [4.78, 5) is 14.8. The SMILES string of the molecule is Cc1nnc(SCC(=O)N(C2CCCC2)C2CCS(=O)(=O)C2)n1C. The summed E-state index contributed by atoms with van der Waals surface area (Å²) >= 11 is 1.37. The van der Waals surface area contributed by atoms with Crippen molar-refractivity contribution in [2.75, 3.05) is 17.3 Å². The third kappa shape index (κ3) is 3.77. The Hall–Kier alpha value is -1.09. The average Bonchev–Trinajstić information content (AvgIpc) is 3.23.